The number of carbonyl (C=O) groups is 1. The maximum absolute atomic E-state index is 12.8. The number of anilines is 1. The van der Waals surface area contributed by atoms with Crippen LogP contribution < -0.4 is 10.6 Å². The van der Waals surface area contributed by atoms with Gasteiger partial charge in [-0.05, 0) is 55.1 Å². The first kappa shape index (κ1) is 13.3. The maximum atomic E-state index is 12.8. The molecule has 2 aliphatic carbocycles. The Morgan fingerprint density at radius 1 is 1.24 bits per heavy atom. The molecule has 3 nitrogen and oxygen atoms in total. The normalized spacial score (nSPS) is 34.0. The van der Waals surface area contributed by atoms with Crippen LogP contribution in [-0.4, -0.2) is 18.5 Å². The largest absolute Gasteiger partial charge is 0.326 e. The zero-order chi connectivity index (χ0) is 14.4. The summed E-state index contributed by atoms with van der Waals surface area (Å²) in [6.45, 7) is 0.677. The van der Waals surface area contributed by atoms with Crippen molar-refractivity contribution in [2.75, 3.05) is 11.4 Å². The van der Waals surface area contributed by atoms with Crippen molar-refractivity contribution in [3.8, 4) is 0 Å². The Balaban J connectivity index is 1.52. The minimum atomic E-state index is 0.0730. The highest BCUT2D eigenvalue weighted by Gasteiger charge is 2.41. The maximum Gasteiger partial charge on any atom is 0.227 e. The highest BCUT2D eigenvalue weighted by Crippen LogP contribution is 2.49. The molecule has 0 spiro atoms. The molecule has 1 amide bonds. The molecule has 2 fully saturated rings. The molecule has 3 heteroatoms. The van der Waals surface area contributed by atoms with Gasteiger partial charge in [-0.25, -0.2) is 0 Å². The van der Waals surface area contributed by atoms with Crippen LogP contribution in [0.15, 0.2) is 24.3 Å². The lowest BCUT2D eigenvalue weighted by atomic mass is 9.85. The van der Waals surface area contributed by atoms with Crippen LogP contribution in [0.2, 0.25) is 0 Å². The third-order valence-corrected chi connectivity index (χ3v) is 5.80. The van der Waals surface area contributed by atoms with Gasteiger partial charge in [-0.2, -0.15) is 0 Å². The summed E-state index contributed by atoms with van der Waals surface area (Å²) in [7, 11) is 0. The topological polar surface area (TPSA) is 46.3 Å². The second kappa shape index (κ2) is 5.13. The van der Waals surface area contributed by atoms with E-state index in [-0.39, 0.29) is 11.9 Å². The summed E-state index contributed by atoms with van der Waals surface area (Å²) < 4.78 is 0. The highest BCUT2D eigenvalue weighted by molar-refractivity contribution is 5.95. The van der Waals surface area contributed by atoms with Gasteiger partial charge < -0.3 is 10.6 Å². The Hall–Kier alpha value is -1.35. The molecule has 0 radical (unpaired) electrons. The fraction of sp³-hybridized carbons (Fsp3) is 0.611. The van der Waals surface area contributed by atoms with Crippen molar-refractivity contribution in [3.05, 3.63) is 29.8 Å². The number of nitrogens with zero attached hydrogens (tertiary/aromatic N) is 1. The predicted octanol–water partition coefficient (Wildman–Crippen LogP) is 2.73. The molecule has 0 saturated heterocycles. The average Bonchev–Trinajstić information content (AvgIpc) is 3.08. The van der Waals surface area contributed by atoms with Crippen LogP contribution in [0.3, 0.4) is 0 Å². The van der Waals surface area contributed by atoms with Gasteiger partial charge in [0, 0.05) is 24.7 Å². The molecule has 4 rings (SSSR count). The SMILES string of the molecule is NC1Cc2ccccc2N(C(=O)CC2CC3CCC2C3)C1. The molecule has 0 aromatic heterocycles. The second-order valence-electron chi connectivity index (χ2n) is 7.24. The van der Waals surface area contributed by atoms with Crippen molar-refractivity contribution >= 4 is 11.6 Å². The van der Waals surface area contributed by atoms with Gasteiger partial charge in [-0.1, -0.05) is 24.6 Å². The smallest absolute Gasteiger partial charge is 0.227 e. The Bertz CT molecular complexity index is 556. The zero-order valence-electron chi connectivity index (χ0n) is 12.5. The summed E-state index contributed by atoms with van der Waals surface area (Å²) in [5, 5.41) is 0. The third kappa shape index (κ3) is 2.38. The molecule has 2 saturated carbocycles. The van der Waals surface area contributed by atoms with E-state index in [0.717, 1.165) is 30.4 Å². The van der Waals surface area contributed by atoms with Gasteiger partial charge >= 0.3 is 0 Å². The van der Waals surface area contributed by atoms with E-state index in [1.54, 1.807) is 0 Å². The summed E-state index contributed by atoms with van der Waals surface area (Å²) in [5.74, 6) is 2.63. The summed E-state index contributed by atoms with van der Waals surface area (Å²) in [6, 6.07) is 8.30. The van der Waals surface area contributed by atoms with E-state index in [2.05, 4.69) is 12.1 Å². The van der Waals surface area contributed by atoms with Crippen molar-refractivity contribution in [1.29, 1.82) is 0 Å². The van der Waals surface area contributed by atoms with Crippen molar-refractivity contribution in [2.24, 2.45) is 23.5 Å². The molecule has 1 aromatic rings. The molecule has 112 valence electrons. The van der Waals surface area contributed by atoms with Crippen LogP contribution in [0, 0.1) is 17.8 Å². The van der Waals surface area contributed by atoms with Crippen LogP contribution in [0.1, 0.15) is 37.7 Å². The lowest BCUT2D eigenvalue weighted by Gasteiger charge is -2.34. The molecule has 3 aliphatic rings. The van der Waals surface area contributed by atoms with E-state index < -0.39 is 0 Å². The molecule has 4 atom stereocenters. The number of rotatable bonds is 2. The third-order valence-electron chi connectivity index (χ3n) is 5.80. The van der Waals surface area contributed by atoms with Gasteiger partial charge in [-0.3, -0.25) is 4.79 Å². The molecule has 1 aromatic carbocycles. The first-order chi connectivity index (χ1) is 10.2. The number of benzene rings is 1. The molecule has 1 aliphatic heterocycles. The molecule has 1 heterocycles. The number of fused-ring (bicyclic) bond motifs is 3. The molecular formula is C18H24N2O. The average molecular weight is 284 g/mol. The van der Waals surface area contributed by atoms with E-state index in [9.17, 15) is 4.79 Å². The Morgan fingerprint density at radius 2 is 2.10 bits per heavy atom. The van der Waals surface area contributed by atoms with Crippen molar-refractivity contribution in [1.82, 2.24) is 0 Å². The van der Waals surface area contributed by atoms with E-state index in [1.807, 2.05) is 17.0 Å². The minimum Gasteiger partial charge on any atom is -0.326 e. The Kier molecular flexibility index (Phi) is 3.26. The summed E-state index contributed by atoms with van der Waals surface area (Å²) in [6.07, 6.45) is 6.99. The highest BCUT2D eigenvalue weighted by atomic mass is 16.2. The van der Waals surface area contributed by atoms with Crippen LogP contribution in [0.4, 0.5) is 5.69 Å². The van der Waals surface area contributed by atoms with Gasteiger partial charge in [0.2, 0.25) is 5.91 Å². The summed E-state index contributed by atoms with van der Waals surface area (Å²) in [5.41, 5.74) is 8.46. The first-order valence-corrected chi connectivity index (χ1v) is 8.34. The van der Waals surface area contributed by atoms with Crippen LogP contribution in [0.5, 0.6) is 0 Å². The predicted molar refractivity (Wildman–Crippen MR) is 84.0 cm³/mol. The monoisotopic (exact) mass is 284 g/mol. The van der Waals surface area contributed by atoms with Gasteiger partial charge in [-0.15, -0.1) is 0 Å². The van der Waals surface area contributed by atoms with E-state index in [1.165, 1.54) is 31.2 Å². The number of hydrogen-bond acceptors (Lipinski definition) is 2. The molecule has 4 unspecified atom stereocenters. The number of hydrogen-bond donors (Lipinski definition) is 1. The van der Waals surface area contributed by atoms with E-state index in [0.29, 0.717) is 12.5 Å². The van der Waals surface area contributed by atoms with E-state index >= 15 is 0 Å². The van der Waals surface area contributed by atoms with Crippen molar-refractivity contribution in [3.63, 3.8) is 0 Å². The molecule has 2 bridgehead atoms. The molecule has 2 N–H and O–H groups in total. The van der Waals surface area contributed by atoms with Gasteiger partial charge in [0.1, 0.15) is 0 Å². The number of para-hydroxylation sites is 1. The quantitative estimate of drug-likeness (QED) is 0.907. The fourth-order valence-electron chi connectivity index (χ4n) is 4.82. The van der Waals surface area contributed by atoms with Crippen molar-refractivity contribution in [2.45, 2.75) is 44.6 Å². The van der Waals surface area contributed by atoms with Crippen LogP contribution in [0.25, 0.3) is 0 Å². The zero-order valence-corrected chi connectivity index (χ0v) is 12.5. The van der Waals surface area contributed by atoms with Gasteiger partial charge in [0.05, 0.1) is 0 Å². The number of carbonyl (C=O) groups excluding carboxylic acids is 1. The molecular weight excluding hydrogens is 260 g/mol. The summed E-state index contributed by atoms with van der Waals surface area (Å²) in [4.78, 5) is 14.8. The number of amides is 1. The van der Waals surface area contributed by atoms with Gasteiger partial charge in [0.25, 0.3) is 0 Å². The van der Waals surface area contributed by atoms with E-state index in [4.69, 9.17) is 5.73 Å². The fourth-order valence-corrected chi connectivity index (χ4v) is 4.82. The molecule has 21 heavy (non-hydrogen) atoms. The summed E-state index contributed by atoms with van der Waals surface area (Å²) >= 11 is 0. The Morgan fingerprint density at radius 3 is 2.86 bits per heavy atom. The lowest BCUT2D eigenvalue weighted by molar-refractivity contribution is -0.120. The van der Waals surface area contributed by atoms with Crippen LogP contribution >= 0.6 is 0 Å². The van der Waals surface area contributed by atoms with Crippen LogP contribution in [-0.2, 0) is 11.2 Å². The Labute approximate surface area is 126 Å². The standard InChI is InChI=1S/C18H24N2O/c19-16-9-14-3-1-2-4-17(14)20(11-16)18(21)10-15-8-12-5-6-13(15)7-12/h1-4,12-13,15-16H,5-11,19H2. The second-order valence-corrected chi connectivity index (χ2v) is 7.24. The first-order valence-electron chi connectivity index (χ1n) is 8.34. The lowest BCUT2D eigenvalue weighted by Crippen LogP contribution is -2.46. The number of nitrogens with two attached hydrogens (primary N) is 1. The van der Waals surface area contributed by atoms with Gasteiger partial charge in [0.15, 0.2) is 0 Å². The minimum absolute atomic E-state index is 0.0730. The van der Waals surface area contributed by atoms with Crippen molar-refractivity contribution < 1.29 is 4.79 Å².